The first-order chi connectivity index (χ1) is 11.3. The van der Waals surface area contributed by atoms with E-state index in [1.807, 2.05) is 24.3 Å². The van der Waals surface area contributed by atoms with E-state index in [1.54, 1.807) is 0 Å². The minimum atomic E-state index is 0.583. The van der Waals surface area contributed by atoms with Crippen molar-refractivity contribution in [2.45, 2.75) is 38.6 Å². The summed E-state index contributed by atoms with van der Waals surface area (Å²) in [5.74, 6) is 0. The zero-order chi connectivity index (χ0) is 15.9. The van der Waals surface area contributed by atoms with E-state index < -0.39 is 0 Å². The minimum absolute atomic E-state index is 0.583. The summed E-state index contributed by atoms with van der Waals surface area (Å²) >= 11 is 5.31. The zero-order valence-corrected chi connectivity index (χ0v) is 13.9. The van der Waals surface area contributed by atoms with Gasteiger partial charge in [-0.3, -0.25) is 0 Å². The summed E-state index contributed by atoms with van der Waals surface area (Å²) in [4.78, 5) is 0. The van der Waals surface area contributed by atoms with Crippen LogP contribution in [0.4, 0.5) is 0 Å². The fraction of sp³-hybridized carbons (Fsp3) is 0.316. The average Bonchev–Trinajstić information content (AvgIpc) is 3.39. The molecule has 1 aliphatic carbocycles. The van der Waals surface area contributed by atoms with Crippen molar-refractivity contribution in [3.63, 3.8) is 0 Å². The second kappa shape index (κ2) is 8.09. The van der Waals surface area contributed by atoms with Gasteiger partial charge in [0.05, 0.1) is 13.2 Å². The highest BCUT2D eigenvalue weighted by atomic mass is 32.1. The Bertz CT molecular complexity index is 641. The van der Waals surface area contributed by atoms with Crippen molar-refractivity contribution in [3.8, 4) is 0 Å². The lowest BCUT2D eigenvalue weighted by atomic mass is 10.1. The topological polar surface area (TPSA) is 33.3 Å². The van der Waals surface area contributed by atoms with Gasteiger partial charge in [0.1, 0.15) is 0 Å². The van der Waals surface area contributed by atoms with E-state index in [0.717, 1.165) is 11.7 Å². The standard InChI is InChI=1S/C19H22N2OS/c23-19(21-18-10-11-18)20-12-16-8-4-5-9-17(16)14-22-13-15-6-2-1-3-7-15/h1-9,18H,10-14H2,(H2,20,21,23). The number of hydrogen-bond donors (Lipinski definition) is 2. The van der Waals surface area contributed by atoms with Crippen molar-refractivity contribution in [3.05, 3.63) is 71.3 Å². The largest absolute Gasteiger partial charge is 0.372 e. The van der Waals surface area contributed by atoms with E-state index in [2.05, 4.69) is 41.0 Å². The molecule has 120 valence electrons. The number of thiocarbonyl (C=S) groups is 1. The van der Waals surface area contributed by atoms with Crippen LogP contribution in [0.1, 0.15) is 29.5 Å². The Morgan fingerprint density at radius 3 is 2.39 bits per heavy atom. The third kappa shape index (κ3) is 5.34. The highest BCUT2D eigenvalue weighted by molar-refractivity contribution is 7.80. The predicted octanol–water partition coefficient (Wildman–Crippen LogP) is 3.53. The molecule has 3 nitrogen and oxygen atoms in total. The zero-order valence-electron chi connectivity index (χ0n) is 13.1. The van der Waals surface area contributed by atoms with Gasteiger partial charge in [-0.25, -0.2) is 0 Å². The molecule has 0 amide bonds. The van der Waals surface area contributed by atoms with Crippen LogP contribution in [0.25, 0.3) is 0 Å². The molecule has 3 rings (SSSR count). The molecule has 0 aliphatic heterocycles. The predicted molar refractivity (Wildman–Crippen MR) is 97.0 cm³/mol. The molecule has 0 aromatic heterocycles. The van der Waals surface area contributed by atoms with E-state index in [1.165, 1.54) is 29.5 Å². The summed E-state index contributed by atoms with van der Waals surface area (Å²) in [6, 6.07) is 19.1. The lowest BCUT2D eigenvalue weighted by Crippen LogP contribution is -2.36. The van der Waals surface area contributed by atoms with Gasteiger partial charge in [-0.1, -0.05) is 54.6 Å². The van der Waals surface area contributed by atoms with Gasteiger partial charge in [0.25, 0.3) is 0 Å². The second-order valence-electron chi connectivity index (χ2n) is 5.85. The van der Waals surface area contributed by atoms with Crippen LogP contribution in [0.5, 0.6) is 0 Å². The van der Waals surface area contributed by atoms with Gasteiger partial charge in [0.2, 0.25) is 0 Å². The first-order valence-corrected chi connectivity index (χ1v) is 8.45. The molecule has 2 N–H and O–H groups in total. The molecular formula is C19H22N2OS. The number of benzene rings is 2. The maximum Gasteiger partial charge on any atom is 0.166 e. The van der Waals surface area contributed by atoms with Crippen LogP contribution in [-0.4, -0.2) is 11.2 Å². The number of hydrogen-bond acceptors (Lipinski definition) is 2. The summed E-state index contributed by atoms with van der Waals surface area (Å²) in [7, 11) is 0. The monoisotopic (exact) mass is 326 g/mol. The third-order valence-corrected chi connectivity index (χ3v) is 4.10. The Morgan fingerprint density at radius 2 is 1.65 bits per heavy atom. The third-order valence-electron chi connectivity index (χ3n) is 3.84. The SMILES string of the molecule is S=C(NCc1ccccc1COCc1ccccc1)NC1CC1. The number of rotatable bonds is 7. The molecule has 0 unspecified atom stereocenters. The fourth-order valence-corrected chi connectivity index (χ4v) is 2.60. The Hall–Kier alpha value is -1.91. The van der Waals surface area contributed by atoms with Crippen molar-refractivity contribution < 1.29 is 4.74 Å². The van der Waals surface area contributed by atoms with Crippen molar-refractivity contribution in [1.29, 1.82) is 0 Å². The van der Waals surface area contributed by atoms with Crippen LogP contribution < -0.4 is 10.6 Å². The van der Waals surface area contributed by atoms with Crippen LogP contribution in [0.2, 0.25) is 0 Å². The smallest absolute Gasteiger partial charge is 0.166 e. The maximum atomic E-state index is 5.85. The molecule has 4 heteroatoms. The van der Waals surface area contributed by atoms with Crippen molar-refractivity contribution in [1.82, 2.24) is 10.6 Å². The van der Waals surface area contributed by atoms with Gasteiger partial charge in [0, 0.05) is 12.6 Å². The van der Waals surface area contributed by atoms with Gasteiger partial charge in [-0.2, -0.15) is 0 Å². The van der Waals surface area contributed by atoms with Crippen molar-refractivity contribution in [2.75, 3.05) is 0 Å². The molecule has 0 bridgehead atoms. The number of ether oxygens (including phenoxy) is 1. The Balaban J connectivity index is 1.49. The first-order valence-electron chi connectivity index (χ1n) is 8.04. The Labute approximate surface area is 143 Å². The van der Waals surface area contributed by atoms with E-state index in [0.29, 0.717) is 19.3 Å². The Morgan fingerprint density at radius 1 is 0.957 bits per heavy atom. The normalized spacial score (nSPS) is 13.6. The lowest BCUT2D eigenvalue weighted by molar-refractivity contribution is 0.106. The highest BCUT2D eigenvalue weighted by Crippen LogP contribution is 2.18. The van der Waals surface area contributed by atoms with Crippen LogP contribution in [-0.2, 0) is 24.5 Å². The molecule has 1 aliphatic rings. The summed E-state index contributed by atoms with van der Waals surface area (Å²) < 4.78 is 5.85. The van der Waals surface area contributed by atoms with Gasteiger partial charge >= 0.3 is 0 Å². The second-order valence-corrected chi connectivity index (χ2v) is 6.26. The molecule has 0 spiro atoms. The van der Waals surface area contributed by atoms with Crippen LogP contribution in [0, 0.1) is 0 Å². The van der Waals surface area contributed by atoms with Crippen molar-refractivity contribution >= 4 is 17.3 Å². The van der Waals surface area contributed by atoms with Crippen LogP contribution in [0.3, 0.4) is 0 Å². The number of nitrogens with one attached hydrogen (secondary N) is 2. The van der Waals surface area contributed by atoms with Gasteiger partial charge < -0.3 is 15.4 Å². The molecule has 2 aromatic carbocycles. The van der Waals surface area contributed by atoms with Gasteiger partial charge in [0.15, 0.2) is 5.11 Å². The Kier molecular flexibility index (Phi) is 5.61. The fourth-order valence-electron chi connectivity index (χ4n) is 2.36. The molecule has 1 saturated carbocycles. The first kappa shape index (κ1) is 16.0. The van der Waals surface area contributed by atoms with E-state index in [4.69, 9.17) is 17.0 Å². The summed E-state index contributed by atoms with van der Waals surface area (Å²) in [5.41, 5.74) is 3.61. The molecule has 0 saturated heterocycles. The van der Waals surface area contributed by atoms with E-state index >= 15 is 0 Å². The maximum absolute atomic E-state index is 5.85. The van der Waals surface area contributed by atoms with Crippen molar-refractivity contribution in [2.24, 2.45) is 0 Å². The molecular weight excluding hydrogens is 304 g/mol. The molecule has 0 atom stereocenters. The van der Waals surface area contributed by atoms with E-state index in [-0.39, 0.29) is 0 Å². The van der Waals surface area contributed by atoms with Gasteiger partial charge in [-0.05, 0) is 41.7 Å². The molecule has 1 fully saturated rings. The van der Waals surface area contributed by atoms with Gasteiger partial charge in [-0.15, -0.1) is 0 Å². The summed E-state index contributed by atoms with van der Waals surface area (Å²) in [5, 5.41) is 7.32. The lowest BCUT2D eigenvalue weighted by Gasteiger charge is -2.13. The minimum Gasteiger partial charge on any atom is -0.372 e. The highest BCUT2D eigenvalue weighted by Gasteiger charge is 2.21. The van der Waals surface area contributed by atoms with Crippen LogP contribution >= 0.6 is 12.2 Å². The molecule has 2 aromatic rings. The average molecular weight is 326 g/mol. The van der Waals surface area contributed by atoms with E-state index in [9.17, 15) is 0 Å². The molecule has 0 heterocycles. The quantitative estimate of drug-likeness (QED) is 0.763. The summed E-state index contributed by atoms with van der Waals surface area (Å²) in [6.07, 6.45) is 2.46. The van der Waals surface area contributed by atoms with Crippen LogP contribution in [0.15, 0.2) is 54.6 Å². The summed E-state index contributed by atoms with van der Waals surface area (Å²) in [6.45, 7) is 1.96. The molecule has 23 heavy (non-hydrogen) atoms. The molecule has 0 radical (unpaired) electrons.